The lowest BCUT2D eigenvalue weighted by Gasteiger charge is -2.18. The van der Waals surface area contributed by atoms with Gasteiger partial charge in [-0.2, -0.15) is 0 Å². The summed E-state index contributed by atoms with van der Waals surface area (Å²) in [5, 5.41) is 30.1. The first-order valence-corrected chi connectivity index (χ1v) is 6.73. The molecule has 0 aliphatic carbocycles. The van der Waals surface area contributed by atoms with E-state index in [1.807, 2.05) is 0 Å². The summed E-state index contributed by atoms with van der Waals surface area (Å²) in [6, 6.07) is 3.31. The zero-order valence-corrected chi connectivity index (χ0v) is 11.7. The van der Waals surface area contributed by atoms with E-state index in [0.29, 0.717) is 10.9 Å². The number of rotatable bonds is 2. The van der Waals surface area contributed by atoms with E-state index in [0.717, 1.165) is 0 Å². The van der Waals surface area contributed by atoms with Crippen molar-refractivity contribution in [2.75, 3.05) is 6.61 Å². The van der Waals surface area contributed by atoms with Crippen molar-refractivity contribution in [1.29, 1.82) is 0 Å². The fourth-order valence-electron chi connectivity index (χ4n) is 2.42. The lowest BCUT2D eigenvalue weighted by atomic mass is 10.1. The Hall–Kier alpha value is -0.890. The van der Waals surface area contributed by atoms with Gasteiger partial charge >= 0.3 is 0 Å². The van der Waals surface area contributed by atoms with Gasteiger partial charge < -0.3 is 24.6 Å². The van der Waals surface area contributed by atoms with E-state index in [4.69, 9.17) is 33.0 Å². The van der Waals surface area contributed by atoms with Crippen LogP contribution in [-0.2, 0) is 4.74 Å². The van der Waals surface area contributed by atoms with Gasteiger partial charge in [0.2, 0.25) is 0 Å². The van der Waals surface area contributed by atoms with Gasteiger partial charge in [-0.05, 0) is 12.1 Å². The third kappa shape index (κ3) is 2.09. The van der Waals surface area contributed by atoms with Crippen LogP contribution < -0.4 is 0 Å². The van der Waals surface area contributed by atoms with Crippen LogP contribution in [-0.4, -0.2) is 49.8 Å². The van der Waals surface area contributed by atoms with Crippen molar-refractivity contribution in [3.63, 3.8) is 0 Å². The molecule has 20 heavy (non-hydrogen) atoms. The Kier molecular flexibility index (Phi) is 3.62. The Morgan fingerprint density at radius 2 is 2.05 bits per heavy atom. The van der Waals surface area contributed by atoms with E-state index < -0.39 is 24.5 Å². The number of pyridine rings is 1. The highest BCUT2D eigenvalue weighted by Crippen LogP contribution is 2.34. The fraction of sp³-hybridized carbons (Fsp3) is 0.417. The molecular weight excluding hydrogens is 307 g/mol. The largest absolute Gasteiger partial charge is 0.394 e. The highest BCUT2D eigenvalue weighted by Gasteiger charge is 2.43. The van der Waals surface area contributed by atoms with Gasteiger partial charge in [0.15, 0.2) is 6.23 Å². The maximum Gasteiger partial charge on any atom is 0.163 e. The molecule has 1 aliphatic heterocycles. The van der Waals surface area contributed by atoms with Gasteiger partial charge in [-0.15, -0.1) is 0 Å². The normalized spacial score (nSPS) is 30.2. The number of hydrogen-bond acceptors (Lipinski definition) is 5. The third-order valence-electron chi connectivity index (χ3n) is 3.43. The van der Waals surface area contributed by atoms with Crippen LogP contribution in [0.3, 0.4) is 0 Å². The zero-order valence-electron chi connectivity index (χ0n) is 10.1. The maximum absolute atomic E-state index is 10.0. The molecule has 1 fully saturated rings. The predicted molar refractivity (Wildman–Crippen MR) is 72.8 cm³/mol. The summed E-state index contributed by atoms with van der Waals surface area (Å²) in [6.07, 6.45) is -2.31. The fourth-order valence-corrected chi connectivity index (χ4v) is 2.90. The molecule has 6 nitrogen and oxygen atoms in total. The van der Waals surface area contributed by atoms with Gasteiger partial charge in [0.05, 0.1) is 12.1 Å². The molecule has 108 valence electrons. The number of fused-ring (bicyclic) bond motifs is 1. The van der Waals surface area contributed by atoms with Crippen LogP contribution in [0, 0.1) is 0 Å². The summed E-state index contributed by atoms with van der Waals surface area (Å²) in [7, 11) is 0. The van der Waals surface area contributed by atoms with Crippen LogP contribution in [0.25, 0.3) is 10.9 Å². The average Bonchev–Trinajstić information content (AvgIpc) is 2.93. The number of aliphatic hydroxyl groups is 3. The van der Waals surface area contributed by atoms with Gasteiger partial charge in [-0.25, -0.2) is 4.98 Å². The van der Waals surface area contributed by atoms with Crippen molar-refractivity contribution in [3.05, 3.63) is 28.6 Å². The molecular formula is C12H12Cl2N2O4. The molecule has 8 heteroatoms. The molecule has 3 heterocycles. The van der Waals surface area contributed by atoms with Gasteiger partial charge in [0, 0.05) is 11.6 Å². The predicted octanol–water partition coefficient (Wildman–Crippen LogP) is 0.955. The topological polar surface area (TPSA) is 87.7 Å². The number of ether oxygens (including phenoxy) is 1. The van der Waals surface area contributed by atoms with Gasteiger partial charge in [0.1, 0.15) is 28.6 Å². The molecule has 0 unspecified atom stereocenters. The summed E-state index contributed by atoms with van der Waals surface area (Å²) in [5.74, 6) is 0. The van der Waals surface area contributed by atoms with Crippen molar-refractivity contribution in [2.45, 2.75) is 24.5 Å². The monoisotopic (exact) mass is 318 g/mol. The number of nitrogens with zero attached hydrogens (tertiary/aromatic N) is 2. The summed E-state index contributed by atoms with van der Waals surface area (Å²) < 4.78 is 7.08. The molecule has 0 aromatic carbocycles. The van der Waals surface area contributed by atoms with Crippen LogP contribution >= 0.6 is 23.2 Å². The second-order valence-electron chi connectivity index (χ2n) is 4.62. The maximum atomic E-state index is 10.0. The van der Waals surface area contributed by atoms with Crippen molar-refractivity contribution >= 4 is 34.1 Å². The summed E-state index contributed by atoms with van der Waals surface area (Å²) in [6.45, 7) is -0.378. The summed E-state index contributed by atoms with van der Waals surface area (Å²) in [4.78, 5) is 3.93. The van der Waals surface area contributed by atoms with E-state index in [-0.39, 0.29) is 16.9 Å². The molecule has 2 aromatic heterocycles. The molecule has 1 saturated heterocycles. The molecule has 0 amide bonds. The minimum absolute atomic E-state index is 0.217. The van der Waals surface area contributed by atoms with Gasteiger partial charge in [0.25, 0.3) is 0 Å². The average molecular weight is 319 g/mol. The molecule has 3 rings (SSSR count). The van der Waals surface area contributed by atoms with Gasteiger partial charge in [-0.1, -0.05) is 23.2 Å². The number of halogens is 2. The molecule has 2 aromatic rings. The Labute approximate surface area is 124 Å². The summed E-state index contributed by atoms with van der Waals surface area (Å²) in [5.41, 5.74) is 0.629. The summed E-state index contributed by atoms with van der Waals surface area (Å²) >= 11 is 11.9. The van der Waals surface area contributed by atoms with Crippen LogP contribution in [0.15, 0.2) is 18.3 Å². The first-order chi connectivity index (χ1) is 9.52. The van der Waals surface area contributed by atoms with E-state index >= 15 is 0 Å². The second-order valence-corrected chi connectivity index (χ2v) is 5.37. The third-order valence-corrected chi connectivity index (χ3v) is 3.91. The highest BCUT2D eigenvalue weighted by atomic mass is 35.5. The number of aromatic nitrogens is 2. The molecule has 0 radical (unpaired) electrons. The van der Waals surface area contributed by atoms with E-state index in [1.54, 1.807) is 22.9 Å². The number of aliphatic hydroxyl groups excluding tert-OH is 3. The van der Waals surface area contributed by atoms with E-state index in [2.05, 4.69) is 4.98 Å². The smallest absolute Gasteiger partial charge is 0.163 e. The Morgan fingerprint density at radius 3 is 2.70 bits per heavy atom. The van der Waals surface area contributed by atoms with Crippen molar-refractivity contribution in [2.24, 2.45) is 0 Å². The molecule has 1 aliphatic rings. The van der Waals surface area contributed by atoms with Crippen molar-refractivity contribution < 1.29 is 20.1 Å². The number of hydrogen-bond donors (Lipinski definition) is 3. The second kappa shape index (κ2) is 5.14. The molecule has 0 bridgehead atoms. The first kappa shape index (κ1) is 14.1. The van der Waals surface area contributed by atoms with Crippen LogP contribution in [0.4, 0.5) is 0 Å². The molecule has 0 spiro atoms. The minimum Gasteiger partial charge on any atom is -0.394 e. The van der Waals surface area contributed by atoms with E-state index in [9.17, 15) is 10.2 Å². The Balaban J connectivity index is 2.07. The van der Waals surface area contributed by atoms with E-state index in [1.165, 1.54) is 0 Å². The Bertz CT molecular complexity index is 648. The van der Waals surface area contributed by atoms with Crippen LogP contribution in [0.5, 0.6) is 0 Å². The zero-order chi connectivity index (χ0) is 14.4. The lowest BCUT2D eigenvalue weighted by molar-refractivity contribution is -0.0506. The molecule has 4 atom stereocenters. The minimum atomic E-state index is -1.16. The first-order valence-electron chi connectivity index (χ1n) is 5.98. The quantitative estimate of drug-likeness (QED) is 0.718. The lowest BCUT2D eigenvalue weighted by Crippen LogP contribution is -2.33. The van der Waals surface area contributed by atoms with Crippen molar-refractivity contribution in [3.8, 4) is 0 Å². The van der Waals surface area contributed by atoms with Gasteiger partial charge in [-0.3, -0.25) is 0 Å². The molecule has 3 N–H and O–H groups in total. The van der Waals surface area contributed by atoms with Crippen LogP contribution in [0.1, 0.15) is 6.23 Å². The Morgan fingerprint density at radius 1 is 1.30 bits per heavy atom. The van der Waals surface area contributed by atoms with Crippen molar-refractivity contribution in [1.82, 2.24) is 9.55 Å². The van der Waals surface area contributed by atoms with Crippen LogP contribution in [0.2, 0.25) is 10.3 Å². The SMILES string of the molecule is OC[C@H]1O[C@@H](n2ccc3c(Cl)nc(Cl)cc32)[C@@H](O)[C@@H]1O. The standard InChI is InChI=1S/C12H12Cl2N2O4/c13-8-3-6-5(11(14)15-8)1-2-16(6)12-10(19)9(18)7(4-17)20-12/h1-3,7,9-10,12,17-19H,4H2/t7-,9-,10+,12-/m1/s1. The highest BCUT2D eigenvalue weighted by molar-refractivity contribution is 6.36. The molecule has 0 saturated carbocycles.